The first-order valence-corrected chi connectivity index (χ1v) is 6.35. The van der Waals surface area contributed by atoms with Crippen LogP contribution in [-0.4, -0.2) is 22.3 Å². The fraction of sp³-hybridized carbons (Fsp3) is 0.417. The van der Waals surface area contributed by atoms with Crippen molar-refractivity contribution in [3.05, 3.63) is 28.0 Å². The van der Waals surface area contributed by atoms with Gasteiger partial charge in [0.25, 0.3) is 0 Å². The number of hydrogen-bond acceptors (Lipinski definition) is 3. The van der Waals surface area contributed by atoms with Gasteiger partial charge in [0.2, 0.25) is 0 Å². The number of halogens is 2. The zero-order valence-corrected chi connectivity index (χ0v) is 11.0. The molecule has 98 valence electrons. The van der Waals surface area contributed by atoms with Gasteiger partial charge in [0.1, 0.15) is 11.6 Å². The fourth-order valence-corrected chi connectivity index (χ4v) is 2.24. The lowest BCUT2D eigenvalue weighted by Crippen LogP contribution is -2.26. The molecule has 1 aromatic rings. The average Bonchev–Trinajstić information content (AvgIpc) is 2.23. The van der Waals surface area contributed by atoms with Crippen LogP contribution in [0.2, 0.25) is 0 Å². The van der Waals surface area contributed by atoms with Crippen molar-refractivity contribution >= 4 is 21.9 Å². The quantitative estimate of drug-likeness (QED) is 0.895. The molecule has 4 nitrogen and oxygen atoms in total. The Labute approximate surface area is 112 Å². The third-order valence-electron chi connectivity index (χ3n) is 2.90. The van der Waals surface area contributed by atoms with Crippen molar-refractivity contribution in [2.45, 2.75) is 31.5 Å². The molecule has 1 aromatic carbocycles. The van der Waals surface area contributed by atoms with Gasteiger partial charge >= 0.3 is 5.97 Å². The molecule has 1 aliphatic rings. The Morgan fingerprint density at radius 2 is 2.17 bits per heavy atom. The van der Waals surface area contributed by atoms with E-state index in [1.54, 1.807) is 0 Å². The topological polar surface area (TPSA) is 66.8 Å². The summed E-state index contributed by atoms with van der Waals surface area (Å²) in [5, 5.41) is 18.4. The molecule has 1 aliphatic carbocycles. The summed E-state index contributed by atoms with van der Waals surface area (Å²) in [4.78, 5) is 10.8. The second-order valence-electron chi connectivity index (χ2n) is 4.22. The maximum atomic E-state index is 13.3. The Balaban J connectivity index is 2.37. The molecule has 0 aromatic heterocycles. The van der Waals surface area contributed by atoms with E-state index >= 15 is 0 Å². The number of ether oxygens (including phenoxy) is 1. The predicted octanol–water partition coefficient (Wildman–Crippen LogP) is 2.64. The van der Waals surface area contributed by atoms with Crippen molar-refractivity contribution in [2.24, 2.45) is 0 Å². The number of carboxylic acids is 1. The van der Waals surface area contributed by atoms with Crippen LogP contribution in [0.4, 0.5) is 4.39 Å². The SMILES string of the molecule is O=C(O)C(O)c1cc(F)cc(Br)c1OC1CCC1. The monoisotopic (exact) mass is 318 g/mol. The van der Waals surface area contributed by atoms with E-state index in [-0.39, 0.29) is 17.4 Å². The lowest BCUT2D eigenvalue weighted by atomic mass is 9.96. The summed E-state index contributed by atoms with van der Waals surface area (Å²) in [7, 11) is 0. The molecule has 18 heavy (non-hydrogen) atoms. The van der Waals surface area contributed by atoms with Crippen molar-refractivity contribution in [1.82, 2.24) is 0 Å². The maximum Gasteiger partial charge on any atom is 0.337 e. The van der Waals surface area contributed by atoms with Crippen molar-refractivity contribution in [1.29, 1.82) is 0 Å². The van der Waals surface area contributed by atoms with Gasteiger partial charge in [-0.3, -0.25) is 0 Å². The molecule has 2 N–H and O–H groups in total. The van der Waals surface area contributed by atoms with Crippen LogP contribution >= 0.6 is 15.9 Å². The average molecular weight is 319 g/mol. The molecule has 6 heteroatoms. The molecule has 0 amide bonds. The summed E-state index contributed by atoms with van der Waals surface area (Å²) in [5.74, 6) is -1.86. The second-order valence-corrected chi connectivity index (χ2v) is 5.07. The molecular formula is C12H12BrFO4. The van der Waals surface area contributed by atoms with Crippen LogP contribution in [0.25, 0.3) is 0 Å². The first-order chi connectivity index (χ1) is 8.49. The lowest BCUT2D eigenvalue weighted by molar-refractivity contribution is -0.147. The van der Waals surface area contributed by atoms with Crippen LogP contribution in [-0.2, 0) is 4.79 Å². The summed E-state index contributed by atoms with van der Waals surface area (Å²) in [6.45, 7) is 0. The second kappa shape index (κ2) is 5.24. The highest BCUT2D eigenvalue weighted by Gasteiger charge is 2.27. The molecule has 0 aliphatic heterocycles. The van der Waals surface area contributed by atoms with Gasteiger partial charge in [-0.2, -0.15) is 0 Å². The van der Waals surface area contributed by atoms with E-state index in [0.717, 1.165) is 25.3 Å². The summed E-state index contributed by atoms with van der Waals surface area (Å²) in [5.41, 5.74) is -0.0683. The Morgan fingerprint density at radius 1 is 1.50 bits per heavy atom. The number of carbonyl (C=O) groups is 1. The Hall–Kier alpha value is -1.14. The number of carboxylic acid groups (broad SMARTS) is 1. The van der Waals surface area contributed by atoms with Gasteiger partial charge in [0, 0.05) is 5.56 Å². The predicted molar refractivity (Wildman–Crippen MR) is 65.0 cm³/mol. The molecule has 1 fully saturated rings. The Bertz CT molecular complexity index is 473. The molecule has 0 spiro atoms. The van der Waals surface area contributed by atoms with Gasteiger partial charge in [-0.05, 0) is 47.3 Å². The normalized spacial score (nSPS) is 17.1. The van der Waals surface area contributed by atoms with Gasteiger partial charge in [-0.1, -0.05) is 0 Å². The van der Waals surface area contributed by atoms with Crippen LogP contribution in [0.15, 0.2) is 16.6 Å². The first kappa shape index (κ1) is 13.3. The fourth-order valence-electron chi connectivity index (χ4n) is 1.70. The summed E-state index contributed by atoms with van der Waals surface area (Å²) in [6.07, 6.45) is 1.03. The van der Waals surface area contributed by atoms with Crippen LogP contribution in [0.5, 0.6) is 5.75 Å². The molecule has 0 bridgehead atoms. The third-order valence-corrected chi connectivity index (χ3v) is 3.49. The molecule has 1 unspecified atom stereocenters. The molecule has 0 radical (unpaired) electrons. The molecule has 0 heterocycles. The van der Waals surface area contributed by atoms with E-state index in [2.05, 4.69) is 15.9 Å². The van der Waals surface area contributed by atoms with Crippen molar-refractivity contribution in [3.63, 3.8) is 0 Å². The van der Waals surface area contributed by atoms with Gasteiger partial charge in [-0.25, -0.2) is 9.18 Å². The molecular weight excluding hydrogens is 307 g/mol. The van der Waals surface area contributed by atoms with Crippen LogP contribution in [0.1, 0.15) is 30.9 Å². The molecule has 1 atom stereocenters. The van der Waals surface area contributed by atoms with Crippen LogP contribution in [0.3, 0.4) is 0 Å². The minimum Gasteiger partial charge on any atom is -0.489 e. The number of aliphatic hydroxyl groups excluding tert-OH is 1. The minimum atomic E-state index is -1.80. The smallest absolute Gasteiger partial charge is 0.337 e. The van der Waals surface area contributed by atoms with Gasteiger partial charge < -0.3 is 14.9 Å². The highest BCUT2D eigenvalue weighted by atomic mass is 79.9. The zero-order chi connectivity index (χ0) is 13.3. The van der Waals surface area contributed by atoms with Crippen molar-refractivity contribution in [3.8, 4) is 5.75 Å². The zero-order valence-electron chi connectivity index (χ0n) is 9.40. The van der Waals surface area contributed by atoms with Crippen LogP contribution in [0, 0.1) is 5.82 Å². The summed E-state index contributed by atoms with van der Waals surface area (Å²) < 4.78 is 19.2. The number of benzene rings is 1. The highest BCUT2D eigenvalue weighted by Crippen LogP contribution is 2.37. The van der Waals surface area contributed by atoms with Gasteiger partial charge in [0.15, 0.2) is 6.10 Å². The maximum absolute atomic E-state index is 13.3. The number of aliphatic carboxylic acids is 1. The summed E-state index contributed by atoms with van der Waals surface area (Å²) in [6, 6.07) is 2.17. The highest BCUT2D eigenvalue weighted by molar-refractivity contribution is 9.10. The van der Waals surface area contributed by atoms with Crippen molar-refractivity contribution in [2.75, 3.05) is 0 Å². The minimum absolute atomic E-state index is 0.00602. The largest absolute Gasteiger partial charge is 0.489 e. The molecule has 2 rings (SSSR count). The van der Waals surface area contributed by atoms with Gasteiger partial charge in [-0.15, -0.1) is 0 Å². The Morgan fingerprint density at radius 3 is 2.67 bits per heavy atom. The number of aliphatic hydroxyl groups is 1. The van der Waals surface area contributed by atoms with Crippen molar-refractivity contribution < 1.29 is 24.1 Å². The van der Waals surface area contributed by atoms with E-state index < -0.39 is 17.9 Å². The summed E-state index contributed by atoms with van der Waals surface area (Å²) >= 11 is 3.13. The number of rotatable bonds is 4. The van der Waals surface area contributed by atoms with E-state index in [9.17, 15) is 14.3 Å². The van der Waals surface area contributed by atoms with E-state index in [4.69, 9.17) is 9.84 Å². The standard InChI is InChI=1S/C12H12BrFO4/c13-9-5-6(14)4-8(10(15)12(16)17)11(9)18-7-2-1-3-7/h4-5,7,10,15H,1-3H2,(H,16,17). The third kappa shape index (κ3) is 2.64. The first-order valence-electron chi connectivity index (χ1n) is 5.55. The van der Waals surface area contributed by atoms with Gasteiger partial charge in [0.05, 0.1) is 10.6 Å². The van der Waals surface area contributed by atoms with E-state index in [1.807, 2.05) is 0 Å². The number of hydrogen-bond donors (Lipinski definition) is 2. The van der Waals surface area contributed by atoms with E-state index in [1.165, 1.54) is 6.07 Å². The molecule has 0 saturated heterocycles. The van der Waals surface area contributed by atoms with Crippen LogP contribution < -0.4 is 4.74 Å². The molecule has 1 saturated carbocycles. The Kier molecular flexibility index (Phi) is 3.87. The van der Waals surface area contributed by atoms with E-state index in [0.29, 0.717) is 4.47 Å². The lowest BCUT2D eigenvalue weighted by Gasteiger charge is -2.28.